The Kier molecular flexibility index (Phi) is 3.48. The van der Waals surface area contributed by atoms with Gasteiger partial charge in [-0.3, -0.25) is 4.79 Å². The van der Waals surface area contributed by atoms with E-state index in [4.69, 9.17) is 28.9 Å². The molecule has 0 atom stereocenters. The number of carbonyl (C=O) groups excluding carboxylic acids is 1. The maximum Gasteiger partial charge on any atom is 0.242 e. The number of benzene rings is 1. The maximum absolute atomic E-state index is 12.2. The first-order valence-corrected chi connectivity index (χ1v) is 7.20. The smallest absolute Gasteiger partial charge is 0.242 e. The molecule has 0 spiro atoms. The van der Waals surface area contributed by atoms with Crippen molar-refractivity contribution in [2.24, 2.45) is 0 Å². The zero-order valence-electron chi connectivity index (χ0n) is 10.8. The van der Waals surface area contributed by atoms with Crippen LogP contribution in [0.3, 0.4) is 0 Å². The van der Waals surface area contributed by atoms with Crippen molar-refractivity contribution in [2.45, 2.75) is 19.4 Å². The molecule has 1 aliphatic rings. The minimum atomic E-state index is 0.0552. The lowest BCUT2D eigenvalue weighted by Crippen LogP contribution is -2.31. The third kappa shape index (κ3) is 2.31. The van der Waals surface area contributed by atoms with Gasteiger partial charge in [-0.2, -0.15) is 0 Å². The fraction of sp³-hybridized carbons (Fsp3) is 0.385. The molecule has 106 valence electrons. The van der Waals surface area contributed by atoms with E-state index in [-0.39, 0.29) is 12.5 Å². The van der Waals surface area contributed by atoms with Crippen molar-refractivity contribution in [3.63, 3.8) is 0 Å². The molecular weight excluding hydrogens is 299 g/mol. The molecular formula is C13H14Cl2N4O. The number of hydrogen-bond acceptors (Lipinski definition) is 3. The second kappa shape index (κ2) is 5.14. The van der Waals surface area contributed by atoms with Gasteiger partial charge in [0, 0.05) is 13.1 Å². The molecule has 1 aromatic heterocycles. The Bertz CT molecular complexity index is 677. The first-order chi connectivity index (χ1) is 9.56. The summed E-state index contributed by atoms with van der Waals surface area (Å²) in [6.45, 7) is 1.82. The second-order valence-electron chi connectivity index (χ2n) is 4.90. The van der Waals surface area contributed by atoms with E-state index >= 15 is 0 Å². The first-order valence-electron chi connectivity index (χ1n) is 6.45. The molecule has 0 radical (unpaired) electrons. The highest BCUT2D eigenvalue weighted by Gasteiger charge is 2.20. The highest BCUT2D eigenvalue weighted by atomic mass is 35.5. The highest BCUT2D eigenvalue weighted by molar-refractivity contribution is 6.42. The number of anilines is 1. The number of rotatable bonds is 2. The molecule has 2 N–H and O–H groups in total. The molecule has 0 bridgehead atoms. The summed E-state index contributed by atoms with van der Waals surface area (Å²) in [7, 11) is 0. The number of fused-ring (bicyclic) bond motifs is 1. The summed E-state index contributed by atoms with van der Waals surface area (Å²) >= 11 is 12.0. The van der Waals surface area contributed by atoms with Gasteiger partial charge in [-0.15, -0.1) is 0 Å². The molecule has 1 aliphatic heterocycles. The van der Waals surface area contributed by atoms with Gasteiger partial charge in [-0.25, -0.2) is 4.98 Å². The Labute approximate surface area is 126 Å². The van der Waals surface area contributed by atoms with E-state index < -0.39 is 0 Å². The Morgan fingerprint density at radius 3 is 2.60 bits per heavy atom. The molecule has 0 aliphatic carbocycles. The summed E-state index contributed by atoms with van der Waals surface area (Å²) in [4.78, 5) is 18.3. The number of imidazole rings is 1. The standard InChI is InChI=1S/C13H14Cl2N4O/c14-8-5-10-11(6-9(8)15)19(13(16)17-10)7-12(20)18-3-1-2-4-18/h5-6H,1-4,7H2,(H2,16,17). The Morgan fingerprint density at radius 2 is 1.90 bits per heavy atom. The quantitative estimate of drug-likeness (QED) is 0.926. The minimum Gasteiger partial charge on any atom is -0.369 e. The van der Waals surface area contributed by atoms with E-state index in [0.29, 0.717) is 21.5 Å². The highest BCUT2D eigenvalue weighted by Crippen LogP contribution is 2.29. The largest absolute Gasteiger partial charge is 0.369 e. The topological polar surface area (TPSA) is 64.1 Å². The van der Waals surface area contributed by atoms with Crippen LogP contribution in [0.25, 0.3) is 11.0 Å². The summed E-state index contributed by atoms with van der Waals surface area (Å²) in [5.41, 5.74) is 7.27. The Hall–Kier alpha value is -1.46. The Balaban J connectivity index is 1.96. The summed E-state index contributed by atoms with van der Waals surface area (Å²) in [6, 6.07) is 3.35. The van der Waals surface area contributed by atoms with E-state index in [1.165, 1.54) is 0 Å². The summed E-state index contributed by atoms with van der Waals surface area (Å²) in [6.07, 6.45) is 2.13. The number of carbonyl (C=O) groups is 1. The maximum atomic E-state index is 12.2. The van der Waals surface area contributed by atoms with Gasteiger partial charge in [0.15, 0.2) is 0 Å². The molecule has 1 amide bonds. The van der Waals surface area contributed by atoms with Crippen LogP contribution in [0, 0.1) is 0 Å². The van der Waals surface area contributed by atoms with Gasteiger partial charge in [0.2, 0.25) is 11.9 Å². The fourth-order valence-electron chi connectivity index (χ4n) is 2.51. The average molecular weight is 313 g/mol. The van der Waals surface area contributed by atoms with Crippen LogP contribution in [0.5, 0.6) is 0 Å². The molecule has 1 saturated heterocycles. The SMILES string of the molecule is Nc1nc2cc(Cl)c(Cl)cc2n1CC(=O)N1CCCC1. The predicted molar refractivity (Wildman–Crippen MR) is 80.0 cm³/mol. The second-order valence-corrected chi connectivity index (χ2v) is 5.71. The van der Waals surface area contributed by atoms with Crippen LogP contribution in [0.2, 0.25) is 10.0 Å². The number of aromatic nitrogens is 2. The molecule has 0 unspecified atom stereocenters. The predicted octanol–water partition coefficient (Wildman–Crippen LogP) is 2.55. The number of amides is 1. The van der Waals surface area contributed by atoms with Gasteiger partial charge in [0.1, 0.15) is 6.54 Å². The lowest BCUT2D eigenvalue weighted by atomic mass is 10.3. The molecule has 1 aromatic carbocycles. The zero-order valence-corrected chi connectivity index (χ0v) is 12.3. The van der Waals surface area contributed by atoms with Crippen molar-refractivity contribution in [2.75, 3.05) is 18.8 Å². The summed E-state index contributed by atoms with van der Waals surface area (Å²) in [5, 5.41) is 0.851. The van der Waals surface area contributed by atoms with Crippen molar-refractivity contribution in [3.05, 3.63) is 22.2 Å². The normalized spacial score (nSPS) is 15.2. The number of nitrogens with two attached hydrogens (primary N) is 1. The van der Waals surface area contributed by atoms with Crippen LogP contribution in [0.15, 0.2) is 12.1 Å². The van der Waals surface area contributed by atoms with Gasteiger partial charge in [-0.05, 0) is 25.0 Å². The lowest BCUT2D eigenvalue weighted by Gasteiger charge is -2.16. The third-order valence-electron chi connectivity index (χ3n) is 3.57. The number of halogens is 2. The van der Waals surface area contributed by atoms with Crippen molar-refractivity contribution in [1.82, 2.24) is 14.5 Å². The molecule has 2 aromatic rings. The van der Waals surface area contributed by atoms with Crippen molar-refractivity contribution >= 4 is 46.1 Å². The van der Waals surface area contributed by atoms with Gasteiger partial charge >= 0.3 is 0 Å². The van der Waals surface area contributed by atoms with Gasteiger partial charge in [0.25, 0.3) is 0 Å². The first kappa shape index (κ1) is 13.5. The fourth-order valence-corrected chi connectivity index (χ4v) is 2.82. The molecule has 0 saturated carbocycles. The van der Waals surface area contributed by atoms with Crippen LogP contribution in [0.4, 0.5) is 5.95 Å². The van der Waals surface area contributed by atoms with E-state index in [0.717, 1.165) is 31.4 Å². The molecule has 7 heteroatoms. The molecule has 3 rings (SSSR count). The molecule has 1 fully saturated rings. The molecule has 5 nitrogen and oxygen atoms in total. The number of nitrogens with zero attached hydrogens (tertiary/aromatic N) is 3. The molecule has 2 heterocycles. The van der Waals surface area contributed by atoms with Crippen LogP contribution < -0.4 is 5.73 Å². The van der Waals surface area contributed by atoms with Crippen molar-refractivity contribution < 1.29 is 4.79 Å². The van der Waals surface area contributed by atoms with Crippen molar-refractivity contribution in [3.8, 4) is 0 Å². The van der Waals surface area contributed by atoms with Gasteiger partial charge in [-0.1, -0.05) is 23.2 Å². The monoisotopic (exact) mass is 312 g/mol. The van der Waals surface area contributed by atoms with E-state index in [9.17, 15) is 4.79 Å². The van der Waals surface area contributed by atoms with Gasteiger partial charge in [0.05, 0.1) is 21.1 Å². The molecule has 20 heavy (non-hydrogen) atoms. The van der Waals surface area contributed by atoms with Crippen LogP contribution in [0.1, 0.15) is 12.8 Å². The zero-order chi connectivity index (χ0) is 14.3. The third-order valence-corrected chi connectivity index (χ3v) is 4.29. The summed E-state index contributed by atoms with van der Waals surface area (Å²) < 4.78 is 1.68. The van der Waals surface area contributed by atoms with Crippen LogP contribution in [-0.4, -0.2) is 33.4 Å². The Morgan fingerprint density at radius 1 is 1.25 bits per heavy atom. The minimum absolute atomic E-state index is 0.0552. The number of hydrogen-bond donors (Lipinski definition) is 1. The lowest BCUT2D eigenvalue weighted by molar-refractivity contribution is -0.130. The van der Waals surface area contributed by atoms with E-state index in [1.807, 2.05) is 4.90 Å². The number of likely N-dealkylation sites (tertiary alicyclic amines) is 1. The summed E-state index contributed by atoms with van der Waals surface area (Å²) in [5.74, 6) is 0.352. The van der Waals surface area contributed by atoms with Crippen molar-refractivity contribution in [1.29, 1.82) is 0 Å². The average Bonchev–Trinajstić information content (AvgIpc) is 3.01. The van der Waals surface area contributed by atoms with E-state index in [1.54, 1.807) is 16.7 Å². The van der Waals surface area contributed by atoms with Crippen LogP contribution in [-0.2, 0) is 11.3 Å². The number of nitrogen functional groups attached to an aromatic ring is 1. The van der Waals surface area contributed by atoms with Gasteiger partial charge < -0.3 is 15.2 Å². The van der Waals surface area contributed by atoms with E-state index in [2.05, 4.69) is 4.98 Å². The van der Waals surface area contributed by atoms with Crippen LogP contribution >= 0.6 is 23.2 Å².